The average molecular weight is 340 g/mol. The van der Waals surface area contributed by atoms with Crippen LogP contribution in [0.4, 0.5) is 0 Å². The van der Waals surface area contributed by atoms with Crippen molar-refractivity contribution in [3.8, 4) is 0 Å². The minimum Gasteiger partial charge on any atom is -0.455 e. The topological polar surface area (TPSA) is 49.6 Å². The van der Waals surface area contributed by atoms with Gasteiger partial charge in [-0.1, -0.05) is 15.9 Å². The Morgan fingerprint density at radius 3 is 2.95 bits per heavy atom. The van der Waals surface area contributed by atoms with Crippen LogP contribution in [0.15, 0.2) is 38.3 Å². The van der Waals surface area contributed by atoms with Crippen LogP contribution in [0.3, 0.4) is 0 Å². The Morgan fingerprint density at radius 2 is 2.21 bits per heavy atom. The average Bonchev–Trinajstić information content (AvgIpc) is 2.79. The van der Waals surface area contributed by atoms with Gasteiger partial charge in [0, 0.05) is 16.4 Å². The second-order valence-electron chi connectivity index (χ2n) is 3.96. The summed E-state index contributed by atoms with van der Waals surface area (Å²) in [7, 11) is 0. The van der Waals surface area contributed by atoms with Gasteiger partial charge in [0.2, 0.25) is 0 Å². The third-order valence-electron chi connectivity index (χ3n) is 2.50. The van der Waals surface area contributed by atoms with E-state index in [1.807, 2.05) is 38.1 Å². The van der Waals surface area contributed by atoms with Crippen LogP contribution in [0.25, 0.3) is 11.0 Å². The van der Waals surface area contributed by atoms with E-state index in [1.165, 1.54) is 0 Å². The first-order valence-electron chi connectivity index (χ1n) is 5.87. The van der Waals surface area contributed by atoms with Crippen molar-refractivity contribution in [3.05, 3.63) is 34.5 Å². The monoisotopic (exact) mass is 339 g/mol. The summed E-state index contributed by atoms with van der Waals surface area (Å²) in [6, 6.07) is 7.83. The van der Waals surface area contributed by atoms with Gasteiger partial charge in [-0.25, -0.2) is 0 Å². The first kappa shape index (κ1) is 14.0. The molecule has 0 bridgehead atoms. The highest BCUT2D eigenvalue weighted by molar-refractivity contribution is 9.10. The van der Waals surface area contributed by atoms with Crippen molar-refractivity contribution >= 4 is 49.9 Å². The summed E-state index contributed by atoms with van der Waals surface area (Å²) in [4.78, 5) is 0. The summed E-state index contributed by atoms with van der Waals surface area (Å²) >= 11 is 8.47. The SMILES string of the molecule is CCNC(=S)N/N=C(/C)c1cc2cc(Br)ccc2o1. The molecular formula is C13H14BrN3OS. The molecule has 19 heavy (non-hydrogen) atoms. The summed E-state index contributed by atoms with van der Waals surface area (Å²) in [6.07, 6.45) is 0. The van der Waals surface area contributed by atoms with Gasteiger partial charge in [0.15, 0.2) is 10.9 Å². The quantitative estimate of drug-likeness (QED) is 0.511. The van der Waals surface area contributed by atoms with Gasteiger partial charge in [-0.2, -0.15) is 5.10 Å². The molecule has 4 nitrogen and oxygen atoms in total. The van der Waals surface area contributed by atoms with Crippen molar-refractivity contribution in [2.45, 2.75) is 13.8 Å². The molecule has 0 fully saturated rings. The maximum absolute atomic E-state index is 5.72. The van der Waals surface area contributed by atoms with E-state index >= 15 is 0 Å². The van der Waals surface area contributed by atoms with Gasteiger partial charge in [-0.05, 0) is 50.3 Å². The first-order valence-corrected chi connectivity index (χ1v) is 7.08. The molecule has 1 aromatic carbocycles. The van der Waals surface area contributed by atoms with E-state index in [4.69, 9.17) is 16.6 Å². The Kier molecular flexibility index (Phi) is 4.55. The highest BCUT2D eigenvalue weighted by Crippen LogP contribution is 2.23. The minimum atomic E-state index is 0.501. The highest BCUT2D eigenvalue weighted by Gasteiger charge is 2.07. The van der Waals surface area contributed by atoms with E-state index in [2.05, 4.69) is 31.8 Å². The zero-order chi connectivity index (χ0) is 13.8. The number of rotatable bonds is 3. The normalized spacial score (nSPS) is 11.6. The first-order chi connectivity index (χ1) is 9.10. The van der Waals surface area contributed by atoms with Crippen molar-refractivity contribution in [2.24, 2.45) is 5.10 Å². The molecule has 0 atom stereocenters. The molecule has 100 valence electrons. The molecule has 2 N–H and O–H groups in total. The smallest absolute Gasteiger partial charge is 0.186 e. The standard InChI is InChI=1S/C13H14BrN3OS/c1-3-15-13(19)17-16-8(2)12-7-9-6-10(14)4-5-11(9)18-12/h4-7H,3H2,1-2H3,(H2,15,17,19)/b16-8-. The second kappa shape index (κ2) is 6.16. The third kappa shape index (κ3) is 3.54. The lowest BCUT2D eigenvalue weighted by Gasteiger charge is -2.03. The van der Waals surface area contributed by atoms with E-state index in [0.717, 1.165) is 33.5 Å². The molecule has 0 spiro atoms. The summed E-state index contributed by atoms with van der Waals surface area (Å²) in [5.74, 6) is 0.722. The van der Waals surface area contributed by atoms with Gasteiger partial charge in [-0.15, -0.1) is 0 Å². The largest absolute Gasteiger partial charge is 0.455 e. The number of nitrogens with zero attached hydrogens (tertiary/aromatic N) is 1. The summed E-state index contributed by atoms with van der Waals surface area (Å²) in [6.45, 7) is 4.61. The summed E-state index contributed by atoms with van der Waals surface area (Å²) in [5, 5.41) is 8.69. The number of fused-ring (bicyclic) bond motifs is 1. The van der Waals surface area contributed by atoms with Crippen LogP contribution in [0.5, 0.6) is 0 Å². The van der Waals surface area contributed by atoms with Crippen LogP contribution < -0.4 is 10.7 Å². The van der Waals surface area contributed by atoms with Gasteiger partial charge < -0.3 is 9.73 Å². The number of hydrogen-bond donors (Lipinski definition) is 2. The Hall–Kier alpha value is -1.40. The zero-order valence-corrected chi connectivity index (χ0v) is 13.1. The Morgan fingerprint density at radius 1 is 1.42 bits per heavy atom. The lowest BCUT2D eigenvalue weighted by atomic mass is 10.2. The number of furan rings is 1. The van der Waals surface area contributed by atoms with Gasteiger partial charge in [0.1, 0.15) is 11.3 Å². The minimum absolute atomic E-state index is 0.501. The molecule has 0 unspecified atom stereocenters. The predicted molar refractivity (Wildman–Crippen MR) is 85.5 cm³/mol. The molecule has 1 aromatic heterocycles. The second-order valence-corrected chi connectivity index (χ2v) is 5.29. The fourth-order valence-electron chi connectivity index (χ4n) is 1.58. The molecule has 2 rings (SSSR count). The lowest BCUT2D eigenvalue weighted by molar-refractivity contribution is 0.603. The lowest BCUT2D eigenvalue weighted by Crippen LogP contribution is -2.32. The van der Waals surface area contributed by atoms with E-state index in [-0.39, 0.29) is 0 Å². The van der Waals surface area contributed by atoms with E-state index in [0.29, 0.717) is 5.11 Å². The molecule has 0 aliphatic rings. The Bertz CT molecular complexity index is 636. The molecule has 2 aromatic rings. The molecule has 0 aliphatic carbocycles. The fraction of sp³-hybridized carbons (Fsp3) is 0.231. The van der Waals surface area contributed by atoms with Crippen molar-refractivity contribution in [2.75, 3.05) is 6.54 Å². The number of halogens is 1. The molecule has 0 saturated heterocycles. The number of hydrazone groups is 1. The van der Waals surface area contributed by atoms with Crippen LogP contribution in [0.2, 0.25) is 0 Å². The van der Waals surface area contributed by atoms with Crippen molar-refractivity contribution in [1.82, 2.24) is 10.7 Å². The maximum atomic E-state index is 5.72. The molecule has 0 amide bonds. The number of nitrogens with one attached hydrogen (secondary N) is 2. The summed E-state index contributed by atoms with van der Waals surface area (Å²) < 4.78 is 6.74. The van der Waals surface area contributed by atoms with Crippen molar-refractivity contribution in [3.63, 3.8) is 0 Å². The van der Waals surface area contributed by atoms with Gasteiger partial charge >= 0.3 is 0 Å². The Labute approximate surface area is 125 Å². The van der Waals surface area contributed by atoms with Crippen LogP contribution in [0.1, 0.15) is 19.6 Å². The molecule has 0 aliphatic heterocycles. The van der Waals surface area contributed by atoms with Crippen LogP contribution in [0, 0.1) is 0 Å². The highest BCUT2D eigenvalue weighted by atomic mass is 79.9. The number of benzene rings is 1. The summed E-state index contributed by atoms with van der Waals surface area (Å²) in [5.41, 5.74) is 4.35. The predicted octanol–water partition coefficient (Wildman–Crippen LogP) is 3.40. The van der Waals surface area contributed by atoms with Gasteiger partial charge in [-0.3, -0.25) is 5.43 Å². The number of thiocarbonyl (C=S) groups is 1. The molecule has 1 heterocycles. The van der Waals surface area contributed by atoms with Gasteiger partial charge in [0.05, 0.1) is 0 Å². The van der Waals surface area contributed by atoms with Crippen LogP contribution in [-0.4, -0.2) is 17.4 Å². The van der Waals surface area contributed by atoms with Gasteiger partial charge in [0.25, 0.3) is 0 Å². The zero-order valence-electron chi connectivity index (χ0n) is 10.7. The van der Waals surface area contributed by atoms with Crippen molar-refractivity contribution in [1.29, 1.82) is 0 Å². The maximum Gasteiger partial charge on any atom is 0.186 e. The van der Waals surface area contributed by atoms with E-state index in [9.17, 15) is 0 Å². The number of hydrogen-bond acceptors (Lipinski definition) is 3. The molecule has 0 saturated carbocycles. The van der Waals surface area contributed by atoms with Crippen LogP contribution in [-0.2, 0) is 0 Å². The van der Waals surface area contributed by atoms with Crippen LogP contribution >= 0.6 is 28.1 Å². The molecular weight excluding hydrogens is 326 g/mol. The van der Waals surface area contributed by atoms with E-state index in [1.54, 1.807) is 0 Å². The Balaban J connectivity index is 2.19. The third-order valence-corrected chi connectivity index (χ3v) is 3.23. The molecule has 0 radical (unpaired) electrons. The fourth-order valence-corrected chi connectivity index (χ4v) is 2.15. The van der Waals surface area contributed by atoms with E-state index < -0.39 is 0 Å². The van der Waals surface area contributed by atoms with Crippen molar-refractivity contribution < 1.29 is 4.42 Å². The molecule has 6 heteroatoms.